The predicted molar refractivity (Wildman–Crippen MR) is 98.4 cm³/mol. The number of aliphatic imine (C=N–C) groups is 1. The molecule has 0 fully saturated rings. The Morgan fingerprint density at radius 3 is 2.76 bits per heavy atom. The van der Waals surface area contributed by atoms with E-state index in [2.05, 4.69) is 15.3 Å². The first-order valence-electron chi connectivity index (χ1n) is 8.03. The molecule has 25 heavy (non-hydrogen) atoms. The lowest BCUT2D eigenvalue weighted by Crippen LogP contribution is -2.23. The minimum atomic E-state index is 0.412. The highest BCUT2D eigenvalue weighted by atomic mass is 16.5. The largest absolute Gasteiger partial charge is 0.490 e. The van der Waals surface area contributed by atoms with Gasteiger partial charge in [0.1, 0.15) is 5.75 Å². The molecular weight excluding hydrogens is 318 g/mol. The Balaban J connectivity index is 2.03. The predicted octanol–water partition coefficient (Wildman–Crippen LogP) is 2.57. The summed E-state index contributed by atoms with van der Waals surface area (Å²) in [6.07, 6.45) is 5.25. The number of nitrogens with zero attached hydrogens (tertiary/aromatic N) is 3. The number of nitrogens with one attached hydrogen (secondary N) is 1. The average Bonchev–Trinajstić information content (AvgIpc) is 3.04. The third kappa shape index (κ3) is 3.72. The van der Waals surface area contributed by atoms with Gasteiger partial charge in [-0.25, -0.2) is 4.99 Å². The van der Waals surface area contributed by atoms with Crippen molar-refractivity contribution in [2.75, 3.05) is 20.3 Å². The Hall–Kier alpha value is -3.06. The van der Waals surface area contributed by atoms with Gasteiger partial charge in [0.15, 0.2) is 11.5 Å². The molecule has 0 spiro atoms. The van der Waals surface area contributed by atoms with E-state index in [4.69, 9.17) is 15.2 Å². The molecule has 0 saturated heterocycles. The van der Waals surface area contributed by atoms with Crippen molar-refractivity contribution in [2.45, 2.75) is 6.92 Å². The van der Waals surface area contributed by atoms with Gasteiger partial charge in [0.05, 0.1) is 18.8 Å². The van der Waals surface area contributed by atoms with E-state index < -0.39 is 0 Å². The zero-order valence-corrected chi connectivity index (χ0v) is 14.3. The number of ether oxygens (including phenoxy) is 2. The molecule has 0 unspecified atom stereocenters. The minimum absolute atomic E-state index is 0.412. The van der Waals surface area contributed by atoms with Crippen molar-refractivity contribution < 1.29 is 9.47 Å². The van der Waals surface area contributed by atoms with E-state index in [9.17, 15) is 0 Å². The molecule has 7 heteroatoms. The molecule has 3 rings (SSSR count). The van der Waals surface area contributed by atoms with E-state index >= 15 is 0 Å². The quantitative estimate of drug-likeness (QED) is 0.532. The molecule has 0 atom stereocenters. The lowest BCUT2D eigenvalue weighted by Gasteiger charge is -2.13. The molecule has 0 bridgehead atoms. The zero-order chi connectivity index (χ0) is 17.6. The third-order valence-electron chi connectivity index (χ3n) is 3.58. The first-order valence-corrected chi connectivity index (χ1v) is 8.03. The number of hydrogen-bond acceptors (Lipinski definition) is 5. The number of benzene rings is 1. The van der Waals surface area contributed by atoms with Crippen LogP contribution in [0.4, 0.5) is 0 Å². The first kappa shape index (κ1) is 16.8. The molecular formula is C18H21N5O2. The topological polar surface area (TPSA) is 86.7 Å². The van der Waals surface area contributed by atoms with E-state index in [-0.39, 0.29) is 0 Å². The van der Waals surface area contributed by atoms with Crippen molar-refractivity contribution in [2.24, 2.45) is 10.7 Å². The smallest absolute Gasteiger partial charge is 0.201 e. The van der Waals surface area contributed by atoms with Gasteiger partial charge in [-0.1, -0.05) is 0 Å². The van der Waals surface area contributed by atoms with Gasteiger partial charge in [0.25, 0.3) is 0 Å². The van der Waals surface area contributed by atoms with Gasteiger partial charge in [-0.3, -0.25) is 9.55 Å². The standard InChI is InChI=1S/C18H21N5O2/c1-3-24-16-11-15-13(6-9-23(15)18(19)22-12-20-2)10-17(16)25-14-4-7-21-8-5-14/h4-11,20H,3,12H2,1-2H3,(H2,19,22). The molecule has 7 nitrogen and oxygen atoms in total. The van der Waals surface area contributed by atoms with E-state index in [1.807, 2.05) is 42.9 Å². The van der Waals surface area contributed by atoms with E-state index in [1.165, 1.54) is 0 Å². The van der Waals surface area contributed by atoms with Gasteiger partial charge in [-0.05, 0) is 38.2 Å². The van der Waals surface area contributed by atoms with Crippen LogP contribution >= 0.6 is 0 Å². The molecule has 0 saturated carbocycles. The highest BCUT2D eigenvalue weighted by Gasteiger charge is 2.13. The Labute approximate surface area is 146 Å². The Morgan fingerprint density at radius 1 is 1.24 bits per heavy atom. The molecule has 2 aromatic heterocycles. The maximum atomic E-state index is 6.07. The second-order valence-electron chi connectivity index (χ2n) is 5.29. The number of pyridine rings is 1. The number of hydrogen-bond donors (Lipinski definition) is 2. The summed E-state index contributed by atoms with van der Waals surface area (Å²) in [5.74, 6) is 2.40. The summed E-state index contributed by atoms with van der Waals surface area (Å²) < 4.78 is 13.5. The molecule has 3 aromatic rings. The molecule has 130 valence electrons. The zero-order valence-electron chi connectivity index (χ0n) is 14.3. The normalized spacial score (nSPS) is 11.7. The van der Waals surface area contributed by atoms with Crippen LogP contribution < -0.4 is 20.5 Å². The van der Waals surface area contributed by atoms with Crippen LogP contribution in [0, 0.1) is 0 Å². The lowest BCUT2D eigenvalue weighted by atomic mass is 10.2. The summed E-state index contributed by atoms with van der Waals surface area (Å²) >= 11 is 0. The fourth-order valence-electron chi connectivity index (χ4n) is 2.46. The van der Waals surface area contributed by atoms with Gasteiger partial charge in [0.2, 0.25) is 5.96 Å². The minimum Gasteiger partial charge on any atom is -0.490 e. The van der Waals surface area contributed by atoms with Crippen molar-refractivity contribution in [3.05, 3.63) is 48.9 Å². The van der Waals surface area contributed by atoms with Crippen LogP contribution in [0.25, 0.3) is 10.9 Å². The molecule has 0 aliphatic carbocycles. The van der Waals surface area contributed by atoms with Crippen LogP contribution in [0.15, 0.2) is 53.9 Å². The number of nitrogens with two attached hydrogens (primary N) is 1. The van der Waals surface area contributed by atoms with Crippen molar-refractivity contribution in [3.63, 3.8) is 0 Å². The maximum Gasteiger partial charge on any atom is 0.201 e. The maximum absolute atomic E-state index is 6.07. The number of fused-ring (bicyclic) bond motifs is 1. The molecule has 0 radical (unpaired) electrons. The van der Waals surface area contributed by atoms with Gasteiger partial charge in [-0.15, -0.1) is 0 Å². The third-order valence-corrected chi connectivity index (χ3v) is 3.58. The van der Waals surface area contributed by atoms with Gasteiger partial charge in [-0.2, -0.15) is 0 Å². The summed E-state index contributed by atoms with van der Waals surface area (Å²) in [6, 6.07) is 9.41. The van der Waals surface area contributed by atoms with E-state index in [0.29, 0.717) is 36.5 Å². The van der Waals surface area contributed by atoms with Crippen molar-refractivity contribution in [1.29, 1.82) is 0 Å². The van der Waals surface area contributed by atoms with Gasteiger partial charge >= 0.3 is 0 Å². The first-order chi connectivity index (χ1) is 12.2. The van der Waals surface area contributed by atoms with E-state index in [1.54, 1.807) is 24.5 Å². The van der Waals surface area contributed by atoms with Crippen LogP contribution in [-0.4, -0.2) is 35.8 Å². The van der Waals surface area contributed by atoms with Crippen LogP contribution in [0.2, 0.25) is 0 Å². The molecule has 0 aliphatic rings. The fraction of sp³-hybridized carbons (Fsp3) is 0.222. The SMILES string of the molecule is CCOc1cc2c(ccn2C(N)=NCNC)cc1Oc1ccncc1. The molecule has 0 aliphatic heterocycles. The molecule has 3 N–H and O–H groups in total. The summed E-state index contributed by atoms with van der Waals surface area (Å²) in [7, 11) is 1.82. The van der Waals surface area contributed by atoms with Crippen molar-refractivity contribution >= 4 is 16.9 Å². The monoisotopic (exact) mass is 339 g/mol. The van der Waals surface area contributed by atoms with Gasteiger partial charge < -0.3 is 20.5 Å². The highest BCUT2D eigenvalue weighted by Crippen LogP contribution is 2.36. The summed E-state index contributed by atoms with van der Waals surface area (Å²) in [6.45, 7) is 2.91. The lowest BCUT2D eigenvalue weighted by molar-refractivity contribution is 0.322. The fourth-order valence-corrected chi connectivity index (χ4v) is 2.46. The van der Waals surface area contributed by atoms with Crippen molar-refractivity contribution in [1.82, 2.24) is 14.9 Å². The van der Waals surface area contributed by atoms with Crippen LogP contribution in [-0.2, 0) is 0 Å². The van der Waals surface area contributed by atoms with Gasteiger partial charge in [0, 0.05) is 30.0 Å². The second-order valence-corrected chi connectivity index (χ2v) is 5.29. The number of rotatable bonds is 6. The summed E-state index contributed by atoms with van der Waals surface area (Å²) in [5.41, 5.74) is 6.98. The highest BCUT2D eigenvalue weighted by molar-refractivity contribution is 5.94. The number of aromatic nitrogens is 2. The molecule has 2 heterocycles. The van der Waals surface area contributed by atoms with Crippen LogP contribution in [0.5, 0.6) is 17.2 Å². The average molecular weight is 339 g/mol. The van der Waals surface area contributed by atoms with E-state index in [0.717, 1.165) is 10.9 Å². The Morgan fingerprint density at radius 2 is 2.04 bits per heavy atom. The Bertz CT molecular complexity index is 874. The molecule has 0 amide bonds. The summed E-state index contributed by atoms with van der Waals surface area (Å²) in [5, 5.41) is 3.93. The molecule has 1 aromatic carbocycles. The van der Waals surface area contributed by atoms with Crippen LogP contribution in [0.1, 0.15) is 6.92 Å². The van der Waals surface area contributed by atoms with Crippen LogP contribution in [0.3, 0.4) is 0 Å². The summed E-state index contributed by atoms with van der Waals surface area (Å²) in [4.78, 5) is 8.26. The van der Waals surface area contributed by atoms with Crippen molar-refractivity contribution in [3.8, 4) is 17.2 Å². The second kappa shape index (κ2) is 7.67. The Kier molecular flexibility index (Phi) is 5.15.